The van der Waals surface area contributed by atoms with E-state index in [-0.39, 0.29) is 22.7 Å². The Bertz CT molecular complexity index is 559. The first-order chi connectivity index (χ1) is 9.90. The Morgan fingerprint density at radius 3 is 2.52 bits per heavy atom. The average Bonchev–Trinajstić information content (AvgIpc) is 2.48. The van der Waals surface area contributed by atoms with Crippen molar-refractivity contribution in [2.75, 3.05) is 26.2 Å². The Hall–Kier alpha value is -1.37. The van der Waals surface area contributed by atoms with E-state index in [0.29, 0.717) is 23.6 Å². The maximum Gasteiger partial charge on any atom is 0.253 e. The summed E-state index contributed by atoms with van der Waals surface area (Å²) in [5.74, 6) is -0.108. The molecule has 21 heavy (non-hydrogen) atoms. The highest BCUT2D eigenvalue weighted by atomic mass is 35.5. The van der Waals surface area contributed by atoms with Gasteiger partial charge in [-0.15, -0.1) is 0 Å². The van der Waals surface area contributed by atoms with Gasteiger partial charge in [-0.1, -0.05) is 23.8 Å². The molecular formula is C14H18ClN3O2S. The normalized spacial score (nSPS) is 17.5. The van der Waals surface area contributed by atoms with Gasteiger partial charge in [0, 0.05) is 31.7 Å². The molecule has 3 N–H and O–H groups in total. The lowest BCUT2D eigenvalue weighted by atomic mass is 10.1. The van der Waals surface area contributed by atoms with Crippen molar-refractivity contribution in [3.63, 3.8) is 0 Å². The van der Waals surface area contributed by atoms with Crippen molar-refractivity contribution in [2.45, 2.75) is 13.0 Å². The van der Waals surface area contributed by atoms with Gasteiger partial charge in [0.1, 0.15) is 5.75 Å². The molecule has 1 aliphatic heterocycles. The molecule has 0 aliphatic carbocycles. The fraction of sp³-hybridized carbons (Fsp3) is 0.429. The smallest absolute Gasteiger partial charge is 0.253 e. The highest BCUT2D eigenvalue weighted by Gasteiger charge is 2.25. The molecule has 1 unspecified atom stereocenters. The zero-order valence-electron chi connectivity index (χ0n) is 11.8. The summed E-state index contributed by atoms with van der Waals surface area (Å²) in [6.07, 6.45) is 0. The van der Waals surface area contributed by atoms with Crippen LogP contribution < -0.4 is 5.73 Å². The van der Waals surface area contributed by atoms with Crippen molar-refractivity contribution >= 4 is 34.7 Å². The van der Waals surface area contributed by atoms with Crippen molar-refractivity contribution in [3.05, 3.63) is 28.8 Å². The molecule has 1 heterocycles. The van der Waals surface area contributed by atoms with Gasteiger partial charge in [-0.05, 0) is 25.1 Å². The van der Waals surface area contributed by atoms with E-state index in [2.05, 4.69) is 4.90 Å². The Labute approximate surface area is 134 Å². The third-order valence-corrected chi connectivity index (χ3v) is 4.40. The van der Waals surface area contributed by atoms with E-state index in [1.54, 1.807) is 11.0 Å². The summed E-state index contributed by atoms with van der Waals surface area (Å²) in [7, 11) is 0. The molecule has 0 radical (unpaired) electrons. The summed E-state index contributed by atoms with van der Waals surface area (Å²) < 4.78 is 0. The molecule has 114 valence electrons. The lowest BCUT2D eigenvalue weighted by Crippen LogP contribution is -2.53. The Morgan fingerprint density at radius 1 is 1.38 bits per heavy atom. The second-order valence-corrected chi connectivity index (χ2v) is 5.95. The van der Waals surface area contributed by atoms with Crippen LogP contribution in [0.15, 0.2) is 18.2 Å². The van der Waals surface area contributed by atoms with Gasteiger partial charge in [-0.25, -0.2) is 0 Å². The summed E-state index contributed by atoms with van der Waals surface area (Å²) in [6.45, 7) is 4.67. The van der Waals surface area contributed by atoms with Crippen LogP contribution in [0.2, 0.25) is 5.02 Å². The van der Waals surface area contributed by atoms with Crippen LogP contribution >= 0.6 is 23.8 Å². The number of thiocarbonyl (C=S) groups is 1. The molecule has 1 aliphatic rings. The minimum Gasteiger partial charge on any atom is -0.506 e. The molecule has 5 nitrogen and oxygen atoms in total. The first-order valence-corrected chi connectivity index (χ1v) is 7.50. The second-order valence-electron chi connectivity index (χ2n) is 5.07. The Morgan fingerprint density at radius 2 is 2.00 bits per heavy atom. The molecule has 1 amide bonds. The zero-order chi connectivity index (χ0) is 15.6. The van der Waals surface area contributed by atoms with Crippen LogP contribution in [-0.4, -0.2) is 58.0 Å². The van der Waals surface area contributed by atoms with Crippen LogP contribution in [0.5, 0.6) is 5.75 Å². The van der Waals surface area contributed by atoms with Gasteiger partial charge in [-0.2, -0.15) is 0 Å². The maximum absolute atomic E-state index is 12.4. The summed E-state index contributed by atoms with van der Waals surface area (Å²) in [5.41, 5.74) is 6.13. The molecule has 1 aromatic rings. The zero-order valence-corrected chi connectivity index (χ0v) is 13.3. The number of phenolic OH excluding ortho intramolecular Hbond substituents is 1. The average molecular weight is 328 g/mol. The third-order valence-electron chi connectivity index (χ3n) is 3.76. The van der Waals surface area contributed by atoms with Crippen molar-refractivity contribution in [2.24, 2.45) is 5.73 Å². The van der Waals surface area contributed by atoms with E-state index in [9.17, 15) is 9.90 Å². The molecule has 2 rings (SSSR count). The summed E-state index contributed by atoms with van der Waals surface area (Å²) >= 11 is 10.8. The van der Waals surface area contributed by atoms with Crippen molar-refractivity contribution < 1.29 is 9.90 Å². The van der Waals surface area contributed by atoms with Gasteiger partial charge in [0.05, 0.1) is 16.1 Å². The fourth-order valence-corrected chi connectivity index (χ4v) is 2.64. The van der Waals surface area contributed by atoms with Gasteiger partial charge in [0.2, 0.25) is 0 Å². The largest absolute Gasteiger partial charge is 0.506 e. The van der Waals surface area contributed by atoms with Crippen molar-refractivity contribution in [1.29, 1.82) is 0 Å². The number of amides is 1. The first kappa shape index (κ1) is 16.0. The van der Waals surface area contributed by atoms with Crippen LogP contribution in [0.4, 0.5) is 0 Å². The molecule has 1 fully saturated rings. The molecular weight excluding hydrogens is 310 g/mol. The number of aromatic hydroxyl groups is 1. The van der Waals surface area contributed by atoms with E-state index in [0.717, 1.165) is 13.1 Å². The highest BCUT2D eigenvalue weighted by Crippen LogP contribution is 2.24. The van der Waals surface area contributed by atoms with Crippen LogP contribution in [0.3, 0.4) is 0 Å². The van der Waals surface area contributed by atoms with Crippen LogP contribution in [-0.2, 0) is 0 Å². The standard InChI is InChI=1S/C14H18ClN3O2S/c1-9(13(16)21)17-4-6-18(7-5-17)14(20)10-2-3-12(19)11(15)8-10/h2-3,8-9,19H,4-7H2,1H3,(H2,16,21). The number of phenols is 1. The predicted octanol–water partition coefficient (Wildman–Crippen LogP) is 1.48. The second kappa shape index (κ2) is 6.60. The topological polar surface area (TPSA) is 69.8 Å². The molecule has 1 atom stereocenters. The monoisotopic (exact) mass is 327 g/mol. The number of nitrogens with zero attached hydrogens (tertiary/aromatic N) is 2. The number of carbonyl (C=O) groups excluding carboxylic acids is 1. The molecule has 0 saturated carbocycles. The number of piperazine rings is 1. The van der Waals surface area contributed by atoms with Crippen LogP contribution in [0, 0.1) is 0 Å². The molecule has 1 saturated heterocycles. The number of hydrogen-bond acceptors (Lipinski definition) is 4. The predicted molar refractivity (Wildman–Crippen MR) is 86.8 cm³/mol. The number of nitrogens with two attached hydrogens (primary N) is 1. The number of halogens is 1. The first-order valence-electron chi connectivity index (χ1n) is 6.71. The molecule has 7 heteroatoms. The summed E-state index contributed by atoms with van der Waals surface area (Å²) in [4.78, 5) is 16.8. The van der Waals surface area contributed by atoms with E-state index < -0.39 is 0 Å². The fourth-order valence-electron chi connectivity index (χ4n) is 2.31. The SMILES string of the molecule is CC(C(N)=S)N1CCN(C(=O)c2ccc(O)c(Cl)c2)CC1. The minimum absolute atomic E-state index is 0.0247. The lowest BCUT2D eigenvalue weighted by molar-refractivity contribution is 0.0621. The number of benzene rings is 1. The van der Waals surface area contributed by atoms with Gasteiger partial charge in [0.25, 0.3) is 5.91 Å². The van der Waals surface area contributed by atoms with Gasteiger partial charge in [-0.3, -0.25) is 9.69 Å². The summed E-state index contributed by atoms with van der Waals surface area (Å²) in [5, 5.41) is 9.58. The molecule has 0 bridgehead atoms. The third kappa shape index (κ3) is 3.64. The Balaban J connectivity index is 2.00. The maximum atomic E-state index is 12.4. The van der Waals surface area contributed by atoms with Crippen LogP contribution in [0.1, 0.15) is 17.3 Å². The van der Waals surface area contributed by atoms with E-state index in [1.165, 1.54) is 12.1 Å². The highest BCUT2D eigenvalue weighted by molar-refractivity contribution is 7.80. The van der Waals surface area contributed by atoms with E-state index in [4.69, 9.17) is 29.6 Å². The van der Waals surface area contributed by atoms with Crippen LogP contribution in [0.25, 0.3) is 0 Å². The minimum atomic E-state index is -0.0838. The van der Waals surface area contributed by atoms with Crippen molar-refractivity contribution in [3.8, 4) is 5.75 Å². The summed E-state index contributed by atoms with van der Waals surface area (Å²) in [6, 6.07) is 4.54. The van der Waals surface area contributed by atoms with E-state index >= 15 is 0 Å². The lowest BCUT2D eigenvalue weighted by Gasteiger charge is -2.37. The van der Waals surface area contributed by atoms with Gasteiger partial charge in [0.15, 0.2) is 0 Å². The van der Waals surface area contributed by atoms with Gasteiger partial charge < -0.3 is 15.7 Å². The number of carbonyl (C=O) groups is 1. The van der Waals surface area contributed by atoms with E-state index in [1.807, 2.05) is 6.92 Å². The molecule has 1 aromatic carbocycles. The molecule has 0 spiro atoms. The number of rotatable bonds is 3. The van der Waals surface area contributed by atoms with Crippen molar-refractivity contribution in [1.82, 2.24) is 9.80 Å². The Kier molecular flexibility index (Phi) is 5.03. The molecule has 0 aromatic heterocycles. The van der Waals surface area contributed by atoms with Gasteiger partial charge >= 0.3 is 0 Å². The number of hydrogen-bond donors (Lipinski definition) is 2. The quantitative estimate of drug-likeness (QED) is 0.823.